The Labute approximate surface area is 182 Å². The second kappa shape index (κ2) is 10.1. The Balaban J connectivity index is 2.02. The van der Waals surface area contributed by atoms with Gasteiger partial charge in [-0.2, -0.15) is 17.5 Å². The van der Waals surface area contributed by atoms with E-state index in [1.807, 2.05) is 0 Å². The van der Waals surface area contributed by atoms with Gasteiger partial charge in [-0.25, -0.2) is 13.4 Å². The Hall–Kier alpha value is -1.96. The number of ether oxygens (including phenoxy) is 2. The number of carbonyl (C=O) groups excluding carboxylic acids is 2. The maximum atomic E-state index is 12.7. The summed E-state index contributed by atoms with van der Waals surface area (Å²) < 4.78 is 71.3. The minimum Gasteiger partial charge on any atom is -0.492 e. The van der Waals surface area contributed by atoms with Crippen molar-refractivity contribution >= 4 is 33.4 Å². The fourth-order valence-electron chi connectivity index (χ4n) is 2.66. The lowest BCUT2D eigenvalue weighted by molar-refractivity contribution is -0.126. The molecule has 0 atom stereocenters. The molecule has 1 fully saturated rings. The van der Waals surface area contributed by atoms with Crippen LogP contribution < -0.4 is 4.74 Å². The Morgan fingerprint density at radius 3 is 2.48 bits per heavy atom. The van der Waals surface area contributed by atoms with Crippen molar-refractivity contribution in [2.75, 3.05) is 27.0 Å². The fraction of sp³-hybridized carbons (Fsp3) is 0.588. The molecule has 1 aliphatic carbocycles. The largest absolute Gasteiger partial charge is 0.511 e. The molecule has 0 radical (unpaired) electrons. The molecule has 2 rings (SSSR count). The van der Waals surface area contributed by atoms with Crippen LogP contribution in [0.5, 0.6) is 5.75 Å². The van der Waals surface area contributed by atoms with Gasteiger partial charge in [0.15, 0.2) is 0 Å². The van der Waals surface area contributed by atoms with Crippen LogP contribution in [0.15, 0.2) is 12.3 Å². The second-order valence-corrected chi connectivity index (χ2v) is 8.97. The summed E-state index contributed by atoms with van der Waals surface area (Å²) in [6.07, 6.45) is 2.50. The Morgan fingerprint density at radius 1 is 1.32 bits per heavy atom. The average Bonchev–Trinajstić information content (AvgIpc) is 3.49. The highest BCUT2D eigenvalue weighted by Crippen LogP contribution is 2.30. The first-order valence-corrected chi connectivity index (χ1v) is 10.9. The van der Waals surface area contributed by atoms with Crippen LogP contribution in [0.4, 0.5) is 13.2 Å². The summed E-state index contributed by atoms with van der Waals surface area (Å²) in [5, 5.41) is -0.133. The molecule has 1 saturated carbocycles. The highest BCUT2D eigenvalue weighted by molar-refractivity contribution is 7.89. The van der Waals surface area contributed by atoms with Crippen LogP contribution in [0, 0.1) is 0 Å². The number of pyridine rings is 1. The van der Waals surface area contributed by atoms with Crippen LogP contribution in [0.2, 0.25) is 5.15 Å². The molecule has 0 N–H and O–H groups in total. The van der Waals surface area contributed by atoms with Crippen molar-refractivity contribution < 1.29 is 40.7 Å². The predicted octanol–water partition coefficient (Wildman–Crippen LogP) is 2.41. The molecule has 1 aromatic heterocycles. The summed E-state index contributed by atoms with van der Waals surface area (Å²) in [5.74, 6) is -0.969. The van der Waals surface area contributed by atoms with E-state index in [4.69, 9.17) is 16.3 Å². The van der Waals surface area contributed by atoms with Crippen LogP contribution in [0.25, 0.3) is 0 Å². The third-order valence-electron chi connectivity index (χ3n) is 4.24. The summed E-state index contributed by atoms with van der Waals surface area (Å²) >= 11 is 5.98. The zero-order chi connectivity index (χ0) is 23.4. The van der Waals surface area contributed by atoms with E-state index in [2.05, 4.69) is 9.72 Å². The highest BCUT2D eigenvalue weighted by atomic mass is 35.5. The quantitative estimate of drug-likeness (QED) is 0.283. The van der Waals surface area contributed by atoms with Gasteiger partial charge in [0.2, 0.25) is 5.91 Å². The Bertz CT molecular complexity index is 924. The minimum absolute atomic E-state index is 0.0538. The standard InChI is InChI=1S/C17H21ClF3N3O6S/c1-11(25)24(12-4-5-12)16(26)14-8-13(9-22-15(14)18)30-7-3-6-23(10-29-2)31(27,28)17(19,20)21/h8-9,12H,3-7,10H2,1-2H3. The van der Waals surface area contributed by atoms with Gasteiger partial charge in [0.1, 0.15) is 17.6 Å². The van der Waals surface area contributed by atoms with E-state index < -0.39 is 40.6 Å². The van der Waals surface area contributed by atoms with E-state index in [0.717, 1.165) is 12.0 Å². The van der Waals surface area contributed by atoms with E-state index in [1.54, 1.807) is 0 Å². The van der Waals surface area contributed by atoms with Crippen molar-refractivity contribution in [1.82, 2.24) is 14.2 Å². The number of alkyl halides is 3. The van der Waals surface area contributed by atoms with Gasteiger partial charge in [0.05, 0.1) is 18.4 Å². The maximum absolute atomic E-state index is 12.7. The number of imide groups is 1. The molecule has 0 unspecified atom stereocenters. The van der Waals surface area contributed by atoms with E-state index in [0.29, 0.717) is 12.8 Å². The monoisotopic (exact) mass is 487 g/mol. The van der Waals surface area contributed by atoms with Crippen molar-refractivity contribution in [1.29, 1.82) is 0 Å². The number of halogens is 4. The third kappa shape index (κ3) is 6.28. The zero-order valence-corrected chi connectivity index (χ0v) is 18.3. The molecule has 31 heavy (non-hydrogen) atoms. The normalized spacial score (nSPS) is 14.5. The first kappa shape index (κ1) is 25.3. The fourth-order valence-corrected chi connectivity index (χ4v) is 3.75. The van der Waals surface area contributed by atoms with Crippen LogP contribution in [-0.4, -0.2) is 73.0 Å². The Kier molecular flexibility index (Phi) is 8.25. The highest BCUT2D eigenvalue weighted by Gasteiger charge is 2.49. The molecule has 0 bridgehead atoms. The molecule has 1 aliphatic rings. The smallest absolute Gasteiger partial charge is 0.492 e. The lowest BCUT2D eigenvalue weighted by atomic mass is 10.2. The number of hydrogen-bond donors (Lipinski definition) is 0. The van der Waals surface area contributed by atoms with Crippen LogP contribution in [0.1, 0.15) is 36.5 Å². The van der Waals surface area contributed by atoms with Crippen LogP contribution in [-0.2, 0) is 19.6 Å². The van der Waals surface area contributed by atoms with E-state index in [9.17, 15) is 31.2 Å². The maximum Gasteiger partial charge on any atom is 0.511 e. The molecular weight excluding hydrogens is 467 g/mol. The summed E-state index contributed by atoms with van der Waals surface area (Å²) in [6, 6.07) is 1.09. The molecule has 0 aliphatic heterocycles. The predicted molar refractivity (Wildman–Crippen MR) is 103 cm³/mol. The molecule has 1 aromatic rings. The lowest BCUT2D eigenvalue weighted by Crippen LogP contribution is -2.42. The molecular formula is C17H21ClF3N3O6S. The van der Waals surface area contributed by atoms with E-state index >= 15 is 0 Å². The van der Waals surface area contributed by atoms with Crippen LogP contribution in [0.3, 0.4) is 0 Å². The van der Waals surface area contributed by atoms with Gasteiger partial charge < -0.3 is 9.47 Å². The van der Waals surface area contributed by atoms with Crippen molar-refractivity contribution in [2.24, 2.45) is 0 Å². The van der Waals surface area contributed by atoms with Crippen molar-refractivity contribution in [3.05, 3.63) is 23.0 Å². The number of hydrogen-bond acceptors (Lipinski definition) is 7. The number of nitrogens with zero attached hydrogens (tertiary/aromatic N) is 3. The summed E-state index contributed by atoms with van der Waals surface area (Å²) in [7, 11) is -4.48. The first-order valence-electron chi connectivity index (χ1n) is 9.08. The first-order chi connectivity index (χ1) is 14.4. The molecule has 0 saturated heterocycles. The number of carbonyl (C=O) groups is 2. The zero-order valence-electron chi connectivity index (χ0n) is 16.7. The van der Waals surface area contributed by atoms with Gasteiger partial charge in [0.25, 0.3) is 5.91 Å². The molecule has 0 aromatic carbocycles. The number of sulfonamides is 1. The second-order valence-electron chi connectivity index (χ2n) is 6.68. The number of methoxy groups -OCH3 is 1. The average molecular weight is 488 g/mol. The van der Waals surface area contributed by atoms with Crippen LogP contribution >= 0.6 is 11.6 Å². The molecule has 9 nitrogen and oxygen atoms in total. The summed E-state index contributed by atoms with van der Waals surface area (Å²) in [6.45, 7) is -0.199. The third-order valence-corrected chi connectivity index (χ3v) is 6.09. The number of amides is 2. The number of aromatic nitrogens is 1. The molecule has 1 heterocycles. The topological polar surface area (TPSA) is 106 Å². The minimum atomic E-state index is -5.55. The van der Waals surface area contributed by atoms with E-state index in [-0.39, 0.29) is 39.8 Å². The van der Waals surface area contributed by atoms with Gasteiger partial charge in [-0.05, 0) is 25.3 Å². The molecule has 2 amide bonds. The molecule has 174 valence electrons. The van der Waals surface area contributed by atoms with Crippen molar-refractivity contribution in [2.45, 2.75) is 37.7 Å². The van der Waals surface area contributed by atoms with Gasteiger partial charge in [-0.3, -0.25) is 14.5 Å². The Morgan fingerprint density at radius 2 is 1.97 bits per heavy atom. The van der Waals surface area contributed by atoms with Gasteiger partial charge in [-0.15, -0.1) is 0 Å². The van der Waals surface area contributed by atoms with Gasteiger partial charge >= 0.3 is 15.5 Å². The van der Waals surface area contributed by atoms with Gasteiger partial charge in [0, 0.05) is 26.6 Å². The molecule has 0 spiro atoms. The lowest BCUT2D eigenvalue weighted by Gasteiger charge is -2.22. The van der Waals surface area contributed by atoms with Crippen molar-refractivity contribution in [3.63, 3.8) is 0 Å². The molecule has 14 heteroatoms. The summed E-state index contributed by atoms with van der Waals surface area (Å²) in [5.41, 5.74) is -5.51. The SMILES string of the molecule is COCN(CCCOc1cnc(Cl)c(C(=O)N(C(C)=O)C2CC2)c1)S(=O)(=O)C(F)(F)F. The van der Waals surface area contributed by atoms with Crippen molar-refractivity contribution in [3.8, 4) is 5.75 Å². The van der Waals surface area contributed by atoms with E-state index in [1.165, 1.54) is 19.2 Å². The summed E-state index contributed by atoms with van der Waals surface area (Å²) in [4.78, 5) is 29.4. The number of rotatable bonds is 10. The van der Waals surface area contributed by atoms with Gasteiger partial charge in [-0.1, -0.05) is 11.6 Å².